The topological polar surface area (TPSA) is 48.0 Å². The number of amides is 1. The molecule has 1 amide bonds. The molecule has 142 valence electrons. The number of piperidine rings is 1. The van der Waals surface area contributed by atoms with Gasteiger partial charge in [-0.3, -0.25) is 4.79 Å². The number of carbonyl (C=O) groups is 1. The summed E-state index contributed by atoms with van der Waals surface area (Å²) in [4.78, 5) is 13.5. The van der Waals surface area contributed by atoms with Crippen LogP contribution >= 0.6 is 0 Å². The molecule has 0 N–H and O–H groups in total. The summed E-state index contributed by atoms with van der Waals surface area (Å²) >= 11 is 0. The van der Waals surface area contributed by atoms with Gasteiger partial charge in [-0.1, -0.05) is 36.9 Å². The molecule has 27 heavy (non-hydrogen) atoms. The molecule has 0 aromatic heterocycles. The van der Waals surface area contributed by atoms with Crippen LogP contribution in [0.15, 0.2) is 55.1 Å². The second kappa shape index (κ2) is 8.62. The van der Waals surface area contributed by atoms with Crippen molar-refractivity contribution in [3.05, 3.63) is 55.1 Å². The third-order valence-corrected chi connectivity index (χ3v) is 4.80. The van der Waals surface area contributed by atoms with Gasteiger partial charge in [-0.15, -0.1) is 0 Å². The summed E-state index contributed by atoms with van der Waals surface area (Å²) < 4.78 is 17.4. The zero-order chi connectivity index (χ0) is 19.2. The highest BCUT2D eigenvalue weighted by atomic mass is 16.5. The van der Waals surface area contributed by atoms with Crippen LogP contribution in [-0.2, 0) is 4.79 Å². The van der Waals surface area contributed by atoms with Gasteiger partial charge in [0.2, 0.25) is 5.91 Å². The second-order valence-corrected chi connectivity index (χ2v) is 6.38. The molecule has 5 nitrogen and oxygen atoms in total. The number of hydrogen-bond donors (Lipinski definition) is 0. The predicted molar refractivity (Wildman–Crippen MR) is 105 cm³/mol. The average Bonchev–Trinajstić information content (AvgIpc) is 2.73. The van der Waals surface area contributed by atoms with E-state index in [1.807, 2.05) is 42.5 Å². The molecule has 5 heteroatoms. The van der Waals surface area contributed by atoms with Crippen LogP contribution in [0.5, 0.6) is 17.2 Å². The Morgan fingerprint density at radius 1 is 1.00 bits per heavy atom. The van der Waals surface area contributed by atoms with E-state index in [0.29, 0.717) is 24.6 Å². The fraction of sp³-hybridized carbons (Fsp3) is 0.318. The molecule has 0 spiro atoms. The minimum atomic E-state index is -0.0239. The first-order valence-corrected chi connectivity index (χ1v) is 9.06. The van der Waals surface area contributed by atoms with Crippen LogP contribution in [0.2, 0.25) is 0 Å². The fourth-order valence-electron chi connectivity index (χ4n) is 3.40. The summed E-state index contributed by atoms with van der Waals surface area (Å²) in [5.41, 5.74) is 1.88. The van der Waals surface area contributed by atoms with Crippen LogP contribution in [0.1, 0.15) is 12.8 Å². The maximum absolute atomic E-state index is 11.7. The van der Waals surface area contributed by atoms with Gasteiger partial charge in [0.15, 0.2) is 11.5 Å². The zero-order valence-electron chi connectivity index (χ0n) is 15.8. The Labute approximate surface area is 160 Å². The Morgan fingerprint density at radius 3 is 2.33 bits per heavy atom. The van der Waals surface area contributed by atoms with Crippen LogP contribution in [0.25, 0.3) is 11.1 Å². The third-order valence-electron chi connectivity index (χ3n) is 4.80. The molecule has 3 rings (SSSR count). The number of methoxy groups -OCH3 is 2. The molecule has 0 aliphatic carbocycles. The molecule has 1 fully saturated rings. The van der Waals surface area contributed by atoms with Gasteiger partial charge < -0.3 is 19.1 Å². The Balaban J connectivity index is 1.81. The summed E-state index contributed by atoms with van der Waals surface area (Å²) in [6.45, 7) is 4.89. The van der Waals surface area contributed by atoms with Crippen molar-refractivity contribution in [1.29, 1.82) is 0 Å². The van der Waals surface area contributed by atoms with Gasteiger partial charge in [0, 0.05) is 37.1 Å². The van der Waals surface area contributed by atoms with Crippen molar-refractivity contribution in [2.75, 3.05) is 27.3 Å². The van der Waals surface area contributed by atoms with E-state index in [1.54, 1.807) is 19.1 Å². The Kier molecular flexibility index (Phi) is 6.01. The van der Waals surface area contributed by atoms with Crippen LogP contribution in [0.3, 0.4) is 0 Å². The number of rotatable bonds is 6. The van der Waals surface area contributed by atoms with Crippen molar-refractivity contribution in [3.63, 3.8) is 0 Å². The molecular weight excluding hydrogens is 342 g/mol. The number of ether oxygens (including phenoxy) is 3. The van der Waals surface area contributed by atoms with Crippen molar-refractivity contribution in [1.82, 2.24) is 4.90 Å². The van der Waals surface area contributed by atoms with Gasteiger partial charge in [-0.2, -0.15) is 0 Å². The SMILES string of the molecule is C=CC(=O)N1CCC(Oc2cccc(-c3ccccc3OC)c2OC)CC1. The predicted octanol–water partition coefficient (Wildman–Crippen LogP) is 3.93. The summed E-state index contributed by atoms with van der Waals surface area (Å²) in [5, 5.41) is 0. The largest absolute Gasteiger partial charge is 0.496 e. The Bertz CT molecular complexity index is 810. The molecule has 1 heterocycles. The van der Waals surface area contributed by atoms with Gasteiger partial charge >= 0.3 is 0 Å². The van der Waals surface area contributed by atoms with Gasteiger partial charge in [0.25, 0.3) is 0 Å². The van der Waals surface area contributed by atoms with E-state index in [-0.39, 0.29) is 12.0 Å². The Hall–Kier alpha value is -2.95. The van der Waals surface area contributed by atoms with Gasteiger partial charge in [0.05, 0.1) is 14.2 Å². The molecule has 0 atom stereocenters. The third kappa shape index (κ3) is 4.08. The molecule has 0 saturated carbocycles. The highest BCUT2D eigenvalue weighted by Crippen LogP contribution is 2.42. The maximum atomic E-state index is 11.7. The first kappa shape index (κ1) is 18.8. The van der Waals surface area contributed by atoms with Gasteiger partial charge in [0.1, 0.15) is 11.9 Å². The first-order valence-electron chi connectivity index (χ1n) is 9.06. The van der Waals surface area contributed by atoms with E-state index in [4.69, 9.17) is 14.2 Å². The number of carbonyl (C=O) groups excluding carboxylic acids is 1. The molecule has 1 aliphatic heterocycles. The smallest absolute Gasteiger partial charge is 0.245 e. The minimum absolute atomic E-state index is 0.0239. The average molecular weight is 367 g/mol. The molecule has 0 unspecified atom stereocenters. The van der Waals surface area contributed by atoms with E-state index in [9.17, 15) is 4.79 Å². The van der Waals surface area contributed by atoms with Gasteiger partial charge in [-0.25, -0.2) is 0 Å². The lowest BCUT2D eigenvalue weighted by atomic mass is 10.0. The van der Waals surface area contributed by atoms with E-state index in [1.165, 1.54) is 6.08 Å². The van der Waals surface area contributed by atoms with Crippen LogP contribution in [0.4, 0.5) is 0 Å². The van der Waals surface area contributed by atoms with E-state index >= 15 is 0 Å². The lowest BCUT2D eigenvalue weighted by Crippen LogP contribution is -2.41. The van der Waals surface area contributed by atoms with E-state index in [2.05, 4.69) is 6.58 Å². The summed E-state index contributed by atoms with van der Waals surface area (Å²) in [6, 6.07) is 13.7. The van der Waals surface area contributed by atoms with Crippen molar-refractivity contribution in [2.45, 2.75) is 18.9 Å². The van der Waals surface area contributed by atoms with Crippen molar-refractivity contribution in [3.8, 4) is 28.4 Å². The molecule has 0 radical (unpaired) electrons. The van der Waals surface area contributed by atoms with E-state index < -0.39 is 0 Å². The second-order valence-electron chi connectivity index (χ2n) is 6.38. The normalized spacial score (nSPS) is 14.5. The Morgan fingerprint density at radius 2 is 1.67 bits per heavy atom. The molecule has 2 aromatic rings. The van der Waals surface area contributed by atoms with Crippen LogP contribution in [-0.4, -0.2) is 44.2 Å². The maximum Gasteiger partial charge on any atom is 0.245 e. The lowest BCUT2D eigenvalue weighted by molar-refractivity contribution is -0.127. The minimum Gasteiger partial charge on any atom is -0.496 e. The number of para-hydroxylation sites is 2. The van der Waals surface area contributed by atoms with Crippen molar-refractivity contribution >= 4 is 5.91 Å². The van der Waals surface area contributed by atoms with Crippen LogP contribution < -0.4 is 14.2 Å². The molecule has 1 saturated heterocycles. The van der Waals surface area contributed by atoms with Crippen molar-refractivity contribution in [2.24, 2.45) is 0 Å². The molecule has 0 bridgehead atoms. The monoisotopic (exact) mass is 367 g/mol. The molecule has 2 aromatic carbocycles. The number of hydrogen-bond acceptors (Lipinski definition) is 4. The van der Waals surface area contributed by atoms with E-state index in [0.717, 1.165) is 29.7 Å². The lowest BCUT2D eigenvalue weighted by Gasteiger charge is -2.32. The summed E-state index contributed by atoms with van der Waals surface area (Å²) in [6.07, 6.45) is 2.96. The number of likely N-dealkylation sites (tertiary alicyclic amines) is 1. The molecule has 1 aliphatic rings. The van der Waals surface area contributed by atoms with Gasteiger partial charge in [-0.05, 0) is 18.2 Å². The number of nitrogens with zero attached hydrogens (tertiary/aromatic N) is 1. The standard InChI is InChI=1S/C22H25NO4/c1-4-21(24)23-14-12-16(13-15-23)27-20-11-7-9-18(22(20)26-3)17-8-5-6-10-19(17)25-2/h4-11,16H,1,12-15H2,2-3H3. The van der Waals surface area contributed by atoms with Crippen LogP contribution in [0, 0.1) is 0 Å². The van der Waals surface area contributed by atoms with Crippen molar-refractivity contribution < 1.29 is 19.0 Å². The highest BCUT2D eigenvalue weighted by Gasteiger charge is 2.24. The molecular formula is C22H25NO4. The summed E-state index contributed by atoms with van der Waals surface area (Å²) in [5.74, 6) is 2.15. The fourth-order valence-corrected chi connectivity index (χ4v) is 3.40. The quantitative estimate of drug-likeness (QED) is 0.726. The zero-order valence-corrected chi connectivity index (χ0v) is 15.8. The summed E-state index contributed by atoms with van der Waals surface area (Å²) in [7, 11) is 3.30. The highest BCUT2D eigenvalue weighted by molar-refractivity contribution is 5.87. The number of benzene rings is 2. The first-order chi connectivity index (χ1) is 13.2.